The van der Waals surface area contributed by atoms with E-state index in [1.165, 1.54) is 0 Å². The highest BCUT2D eigenvalue weighted by molar-refractivity contribution is 6.33. The highest BCUT2D eigenvalue weighted by Gasteiger charge is 2.28. The second kappa shape index (κ2) is 10.9. The number of aryl methyl sites for hydroxylation is 2. The fourth-order valence-corrected chi connectivity index (χ4v) is 5.01. The van der Waals surface area contributed by atoms with Crippen molar-refractivity contribution in [3.8, 4) is 28.4 Å². The van der Waals surface area contributed by atoms with Gasteiger partial charge in [0.25, 0.3) is 0 Å². The molecular formula is C27H28Cl2N6O3. The van der Waals surface area contributed by atoms with Crippen LogP contribution < -0.4 is 15.0 Å². The molecule has 0 unspecified atom stereocenters. The van der Waals surface area contributed by atoms with Crippen molar-refractivity contribution in [2.75, 3.05) is 25.1 Å². The number of anilines is 1. The molecule has 3 aromatic heterocycles. The number of nitrogens with one attached hydrogen (secondary N) is 1. The van der Waals surface area contributed by atoms with Gasteiger partial charge in [0.2, 0.25) is 0 Å². The average Bonchev–Trinajstić information content (AvgIpc) is 3.46. The Morgan fingerprint density at radius 2 is 1.97 bits per heavy atom. The number of benzene rings is 1. The Bertz CT molecular complexity index is 1470. The number of nitrogens with zero attached hydrogens (tertiary/aromatic N) is 5. The number of aliphatic hydroxyl groups excluding tert-OH is 1. The third-order valence-electron chi connectivity index (χ3n) is 6.48. The van der Waals surface area contributed by atoms with Crippen LogP contribution in [0.2, 0.25) is 10.0 Å². The van der Waals surface area contributed by atoms with E-state index >= 15 is 0 Å². The van der Waals surface area contributed by atoms with Crippen molar-refractivity contribution in [2.45, 2.75) is 40.0 Å². The Balaban J connectivity index is 1.60. The van der Waals surface area contributed by atoms with E-state index in [0.29, 0.717) is 52.6 Å². The highest BCUT2D eigenvalue weighted by atomic mass is 35.5. The van der Waals surface area contributed by atoms with Gasteiger partial charge in [-0.3, -0.25) is 4.98 Å². The van der Waals surface area contributed by atoms with Crippen LogP contribution in [0.1, 0.15) is 28.3 Å². The van der Waals surface area contributed by atoms with Gasteiger partial charge in [0.05, 0.1) is 39.2 Å². The molecule has 11 heteroatoms. The Morgan fingerprint density at radius 1 is 1.16 bits per heavy atom. The molecule has 1 aromatic carbocycles. The van der Waals surface area contributed by atoms with Crippen LogP contribution in [-0.4, -0.2) is 51.5 Å². The van der Waals surface area contributed by atoms with E-state index in [0.717, 1.165) is 39.6 Å². The van der Waals surface area contributed by atoms with Gasteiger partial charge in [0, 0.05) is 30.4 Å². The average molecular weight is 555 g/mol. The van der Waals surface area contributed by atoms with Crippen LogP contribution >= 0.6 is 23.2 Å². The highest BCUT2D eigenvalue weighted by Crippen LogP contribution is 2.39. The van der Waals surface area contributed by atoms with Crippen molar-refractivity contribution < 1.29 is 14.4 Å². The molecule has 198 valence electrons. The number of aromatic nitrogens is 4. The maximum atomic E-state index is 10.1. The molecular weight excluding hydrogens is 527 g/mol. The molecule has 0 spiro atoms. The molecule has 2 N–H and O–H groups in total. The van der Waals surface area contributed by atoms with Gasteiger partial charge in [-0.2, -0.15) is 0 Å². The zero-order chi connectivity index (χ0) is 27.0. The van der Waals surface area contributed by atoms with Gasteiger partial charge in [0.15, 0.2) is 5.82 Å². The molecule has 1 aliphatic heterocycles. The third-order valence-corrected chi connectivity index (χ3v) is 7.02. The SMILES string of the molecule is CNC[C@@H](O)COc1ccc(Cl)c(-c2nc(-c3c(C)noc3C)c(C)c(N3Cc4cc(Cl)cnc4C3)n2)c1. The standard InChI is InChI=1S/C27H28Cl2N6O3/c1-14-25(24-15(2)34-38-16(24)3)32-26(21-8-20(5-6-22(21)29)37-13-19(36)10-30-4)33-27(14)35-11-17-7-18(28)9-31-23(17)12-35/h5-9,19,30,36H,10-13H2,1-4H3/t19-/m1/s1. The first-order valence-electron chi connectivity index (χ1n) is 12.2. The van der Waals surface area contributed by atoms with E-state index in [-0.39, 0.29) is 6.61 Å². The number of likely N-dealkylation sites (N-methyl/N-ethyl adjacent to an activating group) is 1. The second-order valence-corrected chi connectivity index (χ2v) is 10.2. The van der Waals surface area contributed by atoms with E-state index < -0.39 is 6.10 Å². The topological polar surface area (TPSA) is 109 Å². The molecule has 0 fully saturated rings. The maximum absolute atomic E-state index is 10.1. The van der Waals surface area contributed by atoms with E-state index in [2.05, 4.69) is 20.4 Å². The summed E-state index contributed by atoms with van der Waals surface area (Å²) in [4.78, 5) is 16.6. The van der Waals surface area contributed by atoms with Crippen LogP contribution in [-0.2, 0) is 13.1 Å². The Morgan fingerprint density at radius 3 is 2.71 bits per heavy atom. The largest absolute Gasteiger partial charge is 0.491 e. The summed E-state index contributed by atoms with van der Waals surface area (Å²) in [5.74, 6) is 2.41. The molecule has 38 heavy (non-hydrogen) atoms. The lowest BCUT2D eigenvalue weighted by Crippen LogP contribution is -2.29. The first kappa shape index (κ1) is 26.4. The summed E-state index contributed by atoms with van der Waals surface area (Å²) in [6.07, 6.45) is 1.02. The van der Waals surface area contributed by atoms with Gasteiger partial charge in [-0.05, 0) is 57.6 Å². The fraction of sp³-hybridized carbons (Fsp3) is 0.333. The van der Waals surface area contributed by atoms with Gasteiger partial charge in [0.1, 0.15) is 30.0 Å². The van der Waals surface area contributed by atoms with Crippen LogP contribution in [0.3, 0.4) is 0 Å². The third kappa shape index (κ3) is 5.19. The van der Waals surface area contributed by atoms with Gasteiger partial charge < -0.3 is 24.6 Å². The summed E-state index contributed by atoms with van der Waals surface area (Å²) >= 11 is 12.9. The molecule has 0 saturated heterocycles. The molecule has 0 saturated carbocycles. The van der Waals surface area contributed by atoms with Gasteiger partial charge in [-0.15, -0.1) is 0 Å². The smallest absolute Gasteiger partial charge is 0.163 e. The van der Waals surface area contributed by atoms with Crippen molar-refractivity contribution in [2.24, 2.45) is 0 Å². The van der Waals surface area contributed by atoms with Crippen molar-refractivity contribution in [3.63, 3.8) is 0 Å². The lowest BCUT2D eigenvalue weighted by atomic mass is 10.0. The van der Waals surface area contributed by atoms with Gasteiger partial charge in [-0.1, -0.05) is 28.4 Å². The number of hydrogen-bond acceptors (Lipinski definition) is 9. The Labute approximate surface area is 230 Å². The lowest BCUT2D eigenvalue weighted by Gasteiger charge is -2.22. The number of ether oxygens (including phenoxy) is 1. The van der Waals surface area contributed by atoms with Crippen LogP contribution in [0.5, 0.6) is 5.75 Å². The quantitative estimate of drug-likeness (QED) is 0.314. The number of rotatable bonds is 8. The first-order valence-corrected chi connectivity index (χ1v) is 13.0. The van der Waals surface area contributed by atoms with Crippen LogP contribution in [0, 0.1) is 20.8 Å². The molecule has 1 aliphatic rings. The predicted octanol–water partition coefficient (Wildman–Crippen LogP) is 4.90. The van der Waals surface area contributed by atoms with Crippen molar-refractivity contribution in [1.29, 1.82) is 0 Å². The number of hydrogen-bond donors (Lipinski definition) is 2. The number of halogens is 2. The Kier molecular flexibility index (Phi) is 7.54. The summed E-state index contributed by atoms with van der Waals surface area (Å²) in [7, 11) is 1.77. The van der Waals surface area contributed by atoms with Gasteiger partial charge in [-0.25, -0.2) is 9.97 Å². The van der Waals surface area contributed by atoms with Gasteiger partial charge >= 0.3 is 0 Å². The van der Waals surface area contributed by atoms with E-state index in [1.807, 2.05) is 26.8 Å². The summed E-state index contributed by atoms with van der Waals surface area (Å²) in [6.45, 7) is 7.51. The van der Waals surface area contributed by atoms with Crippen molar-refractivity contribution >= 4 is 29.0 Å². The van der Waals surface area contributed by atoms with Crippen LogP contribution in [0.4, 0.5) is 5.82 Å². The van der Waals surface area contributed by atoms with Crippen LogP contribution in [0.15, 0.2) is 35.0 Å². The molecule has 5 rings (SSSR count). The second-order valence-electron chi connectivity index (χ2n) is 9.32. The zero-order valence-electron chi connectivity index (χ0n) is 21.5. The summed E-state index contributed by atoms with van der Waals surface area (Å²) in [5.41, 5.74) is 5.80. The monoisotopic (exact) mass is 554 g/mol. The first-order chi connectivity index (χ1) is 18.2. The maximum Gasteiger partial charge on any atom is 0.163 e. The van der Waals surface area contributed by atoms with E-state index in [4.69, 9.17) is 42.4 Å². The van der Waals surface area contributed by atoms with Crippen molar-refractivity contribution in [3.05, 3.63) is 68.8 Å². The summed E-state index contributed by atoms with van der Waals surface area (Å²) in [6, 6.07) is 7.23. The molecule has 1 atom stereocenters. The molecule has 0 aliphatic carbocycles. The predicted molar refractivity (Wildman–Crippen MR) is 147 cm³/mol. The zero-order valence-corrected chi connectivity index (χ0v) is 23.1. The molecule has 0 amide bonds. The van der Waals surface area contributed by atoms with Crippen molar-refractivity contribution in [1.82, 2.24) is 25.4 Å². The lowest BCUT2D eigenvalue weighted by molar-refractivity contribution is 0.108. The minimum atomic E-state index is -0.647. The number of pyridine rings is 1. The minimum absolute atomic E-state index is 0.133. The summed E-state index contributed by atoms with van der Waals surface area (Å²) < 4.78 is 11.3. The fourth-order valence-electron chi connectivity index (χ4n) is 4.63. The van der Waals surface area contributed by atoms with E-state index in [9.17, 15) is 5.11 Å². The molecule has 0 bridgehead atoms. The summed E-state index contributed by atoms with van der Waals surface area (Å²) in [5, 5.41) is 18.2. The minimum Gasteiger partial charge on any atom is -0.491 e. The normalized spacial score (nSPS) is 13.6. The van der Waals surface area contributed by atoms with E-state index in [1.54, 1.807) is 31.4 Å². The van der Waals surface area contributed by atoms with Crippen LogP contribution in [0.25, 0.3) is 22.6 Å². The number of aliphatic hydroxyl groups is 1. The Hall–Kier alpha value is -3.24. The molecule has 0 radical (unpaired) electrons. The molecule has 4 heterocycles. The molecule has 4 aromatic rings. The number of fused-ring (bicyclic) bond motifs is 1. The molecule has 9 nitrogen and oxygen atoms in total.